The van der Waals surface area contributed by atoms with Crippen LogP contribution in [0.4, 0.5) is 0 Å². The predicted octanol–water partition coefficient (Wildman–Crippen LogP) is 2.65. The number of carbonyl (C=O) groups is 2. The molecule has 19 heavy (non-hydrogen) atoms. The van der Waals surface area contributed by atoms with Gasteiger partial charge in [-0.1, -0.05) is 46.3 Å². The maximum Gasteiger partial charge on any atom is 0.325 e. The SMILES string of the molecule is COC(=O)[C@H](Br)[C@@]1(Br)OC(c2ccccc2)=CC1=O. The summed E-state index contributed by atoms with van der Waals surface area (Å²) in [7, 11) is 1.25. The second-order valence-electron chi connectivity index (χ2n) is 3.87. The van der Waals surface area contributed by atoms with E-state index in [1.54, 1.807) is 0 Å². The third-order valence-electron chi connectivity index (χ3n) is 2.65. The van der Waals surface area contributed by atoms with E-state index >= 15 is 0 Å². The second-order valence-corrected chi connectivity index (χ2v) is 5.97. The van der Waals surface area contributed by atoms with Crippen LogP contribution in [-0.4, -0.2) is 28.2 Å². The molecule has 2 rings (SSSR count). The standard InChI is InChI=1S/C13H10Br2O4/c1-18-12(17)11(14)13(15)10(16)7-9(19-13)8-5-3-2-4-6-8/h2-7,11H,1H3/t11-,13-/m0/s1. The fraction of sp³-hybridized carbons (Fsp3) is 0.231. The Labute approximate surface area is 127 Å². The number of esters is 1. The van der Waals surface area contributed by atoms with E-state index in [9.17, 15) is 9.59 Å². The Kier molecular flexibility index (Phi) is 4.10. The van der Waals surface area contributed by atoms with Crippen molar-refractivity contribution in [3.05, 3.63) is 42.0 Å². The summed E-state index contributed by atoms with van der Waals surface area (Å²) >= 11 is 6.31. The fourth-order valence-electron chi connectivity index (χ4n) is 1.63. The van der Waals surface area contributed by atoms with Gasteiger partial charge in [0.2, 0.25) is 10.3 Å². The number of carbonyl (C=O) groups excluding carboxylic acids is 2. The summed E-state index contributed by atoms with van der Waals surface area (Å²) in [5.74, 6) is -0.526. The molecule has 0 saturated heterocycles. The van der Waals surface area contributed by atoms with Crippen LogP contribution in [0.15, 0.2) is 36.4 Å². The molecule has 4 nitrogen and oxygen atoms in total. The summed E-state index contributed by atoms with van der Waals surface area (Å²) in [6.07, 6.45) is 1.36. The highest BCUT2D eigenvalue weighted by Gasteiger charge is 2.52. The molecule has 0 spiro atoms. The first-order valence-corrected chi connectivity index (χ1v) is 7.11. The van der Waals surface area contributed by atoms with E-state index in [1.807, 2.05) is 30.3 Å². The quantitative estimate of drug-likeness (QED) is 0.589. The van der Waals surface area contributed by atoms with Crippen molar-refractivity contribution >= 4 is 49.4 Å². The van der Waals surface area contributed by atoms with Crippen molar-refractivity contribution in [2.45, 2.75) is 9.34 Å². The summed E-state index contributed by atoms with van der Waals surface area (Å²) in [5.41, 5.74) is 0.766. The van der Waals surface area contributed by atoms with Crippen molar-refractivity contribution in [2.24, 2.45) is 0 Å². The molecule has 0 fully saturated rings. The molecular formula is C13H10Br2O4. The summed E-state index contributed by atoms with van der Waals surface area (Å²) in [5, 5.41) is 0. The van der Waals surface area contributed by atoms with Gasteiger partial charge in [-0.25, -0.2) is 0 Å². The van der Waals surface area contributed by atoms with Crippen LogP contribution in [0.5, 0.6) is 0 Å². The van der Waals surface area contributed by atoms with Gasteiger partial charge >= 0.3 is 5.97 Å². The molecule has 0 saturated carbocycles. The maximum absolute atomic E-state index is 12.1. The Morgan fingerprint density at radius 3 is 2.58 bits per heavy atom. The molecule has 100 valence electrons. The normalized spacial score (nSPS) is 23.5. The van der Waals surface area contributed by atoms with Crippen LogP contribution in [0.25, 0.3) is 5.76 Å². The van der Waals surface area contributed by atoms with E-state index in [0.29, 0.717) is 5.76 Å². The van der Waals surface area contributed by atoms with Gasteiger partial charge in [-0.2, -0.15) is 0 Å². The van der Waals surface area contributed by atoms with Crippen LogP contribution < -0.4 is 0 Å². The third-order valence-corrected chi connectivity index (χ3v) is 5.29. The molecule has 1 aromatic rings. The Hall–Kier alpha value is -1.14. The Bertz CT molecular complexity index is 541. The number of hydrogen-bond acceptors (Lipinski definition) is 4. The van der Waals surface area contributed by atoms with Gasteiger partial charge in [0.15, 0.2) is 4.83 Å². The highest BCUT2D eigenvalue weighted by molar-refractivity contribution is 9.13. The van der Waals surface area contributed by atoms with Crippen molar-refractivity contribution in [1.29, 1.82) is 0 Å². The molecule has 1 heterocycles. The maximum atomic E-state index is 12.1. The van der Waals surface area contributed by atoms with Crippen LogP contribution >= 0.6 is 31.9 Å². The molecular weight excluding hydrogens is 380 g/mol. The van der Waals surface area contributed by atoms with Gasteiger partial charge in [-0.15, -0.1) is 0 Å². The lowest BCUT2D eigenvalue weighted by Gasteiger charge is -2.25. The van der Waals surface area contributed by atoms with Crippen molar-refractivity contribution in [3.8, 4) is 0 Å². The summed E-state index contributed by atoms with van der Waals surface area (Å²) in [6.45, 7) is 0. The number of hydrogen-bond donors (Lipinski definition) is 0. The van der Waals surface area contributed by atoms with E-state index in [0.717, 1.165) is 5.56 Å². The van der Waals surface area contributed by atoms with Crippen molar-refractivity contribution < 1.29 is 19.1 Å². The molecule has 1 aliphatic rings. The minimum absolute atomic E-state index is 0.348. The molecule has 0 N–H and O–H groups in total. The van der Waals surface area contributed by atoms with Crippen molar-refractivity contribution in [1.82, 2.24) is 0 Å². The monoisotopic (exact) mass is 388 g/mol. The van der Waals surface area contributed by atoms with Crippen LogP contribution in [-0.2, 0) is 19.1 Å². The molecule has 2 atom stereocenters. The Balaban J connectivity index is 2.27. The first-order valence-electron chi connectivity index (χ1n) is 5.40. The number of ketones is 1. The van der Waals surface area contributed by atoms with Gasteiger partial charge in [0.25, 0.3) is 0 Å². The molecule has 0 aromatic heterocycles. The minimum atomic E-state index is -1.47. The lowest BCUT2D eigenvalue weighted by molar-refractivity contribution is -0.144. The van der Waals surface area contributed by atoms with Crippen LogP contribution in [0.3, 0.4) is 0 Å². The van der Waals surface area contributed by atoms with Crippen molar-refractivity contribution in [3.63, 3.8) is 0 Å². The van der Waals surface area contributed by atoms with Gasteiger partial charge in [-0.3, -0.25) is 9.59 Å². The number of alkyl halides is 2. The minimum Gasteiger partial charge on any atom is -0.468 e. The molecule has 1 aliphatic heterocycles. The van der Waals surface area contributed by atoms with E-state index in [2.05, 4.69) is 36.6 Å². The van der Waals surface area contributed by atoms with E-state index in [4.69, 9.17) is 4.74 Å². The van der Waals surface area contributed by atoms with Crippen LogP contribution in [0.2, 0.25) is 0 Å². The van der Waals surface area contributed by atoms with Crippen LogP contribution in [0.1, 0.15) is 5.56 Å². The van der Waals surface area contributed by atoms with Crippen molar-refractivity contribution in [2.75, 3.05) is 7.11 Å². The van der Waals surface area contributed by atoms with E-state index in [1.165, 1.54) is 13.2 Å². The third kappa shape index (κ3) is 2.60. The second kappa shape index (κ2) is 5.46. The summed E-state index contributed by atoms with van der Waals surface area (Å²) in [6, 6.07) is 9.18. The lowest BCUT2D eigenvalue weighted by atomic mass is 10.1. The van der Waals surface area contributed by atoms with Gasteiger partial charge < -0.3 is 9.47 Å². The van der Waals surface area contributed by atoms with Gasteiger partial charge in [0.05, 0.1) is 7.11 Å². The van der Waals surface area contributed by atoms with Crippen LogP contribution in [0, 0.1) is 0 Å². The molecule has 0 aliphatic carbocycles. The smallest absolute Gasteiger partial charge is 0.325 e. The van der Waals surface area contributed by atoms with E-state index in [-0.39, 0.29) is 5.78 Å². The molecule has 0 radical (unpaired) electrons. The summed E-state index contributed by atoms with van der Waals surface area (Å²) in [4.78, 5) is 22.7. The summed E-state index contributed by atoms with van der Waals surface area (Å²) < 4.78 is 8.75. The number of benzene rings is 1. The highest BCUT2D eigenvalue weighted by atomic mass is 79.9. The Morgan fingerprint density at radius 1 is 1.37 bits per heavy atom. The number of rotatable bonds is 3. The zero-order valence-corrected chi connectivity index (χ0v) is 13.1. The highest BCUT2D eigenvalue weighted by Crippen LogP contribution is 2.41. The lowest BCUT2D eigenvalue weighted by Crippen LogP contribution is -2.43. The predicted molar refractivity (Wildman–Crippen MR) is 76.9 cm³/mol. The zero-order chi connectivity index (χ0) is 14.0. The topological polar surface area (TPSA) is 52.6 Å². The number of methoxy groups -OCH3 is 1. The average Bonchev–Trinajstić information content (AvgIpc) is 2.75. The number of ether oxygens (including phenoxy) is 2. The average molecular weight is 390 g/mol. The molecule has 6 heteroatoms. The first-order chi connectivity index (χ1) is 8.99. The zero-order valence-electron chi connectivity index (χ0n) is 9.93. The van der Waals surface area contributed by atoms with E-state index < -0.39 is 15.3 Å². The Morgan fingerprint density at radius 2 is 2.00 bits per heavy atom. The molecule has 0 amide bonds. The van der Waals surface area contributed by atoms with Gasteiger partial charge in [-0.05, 0) is 15.9 Å². The fourth-order valence-corrected chi connectivity index (χ4v) is 2.62. The molecule has 0 bridgehead atoms. The first kappa shape index (κ1) is 14.3. The molecule has 1 aromatic carbocycles. The molecule has 0 unspecified atom stereocenters. The van der Waals surface area contributed by atoms with Gasteiger partial charge in [0.1, 0.15) is 5.76 Å². The number of halogens is 2. The largest absolute Gasteiger partial charge is 0.468 e. The van der Waals surface area contributed by atoms with Gasteiger partial charge in [0, 0.05) is 11.6 Å².